The number of alkyl halides is 6. The lowest BCUT2D eigenvalue weighted by Gasteiger charge is -2.30. The third-order valence-electron chi connectivity index (χ3n) is 7.10. The minimum atomic E-state index is -4.88. The van der Waals surface area contributed by atoms with Crippen LogP contribution in [0, 0.1) is 5.82 Å². The highest BCUT2D eigenvalue weighted by Crippen LogP contribution is 2.37. The summed E-state index contributed by atoms with van der Waals surface area (Å²) in [5.74, 6) is -2.43. The molecule has 248 valence electrons. The molecule has 1 aliphatic heterocycles. The lowest BCUT2D eigenvalue weighted by atomic mass is 9.98. The van der Waals surface area contributed by atoms with E-state index in [1.54, 1.807) is 6.07 Å². The molecule has 47 heavy (non-hydrogen) atoms. The molecule has 1 N–H and O–H groups in total. The summed E-state index contributed by atoms with van der Waals surface area (Å²) < 4.78 is 125. The molecule has 0 atom stereocenters. The number of nitrogens with zero attached hydrogens (tertiary/aromatic N) is 2. The first-order valence-corrected chi connectivity index (χ1v) is 15.6. The number of ether oxygens (including phenoxy) is 1. The zero-order valence-electron chi connectivity index (χ0n) is 23.5. The van der Waals surface area contributed by atoms with Gasteiger partial charge < -0.3 is 10.1 Å². The minimum absolute atomic E-state index is 0.00123. The maximum absolute atomic E-state index is 14.0. The van der Waals surface area contributed by atoms with Crippen molar-refractivity contribution in [3.63, 3.8) is 0 Å². The highest BCUT2D eigenvalue weighted by atomic mass is 35.5. The van der Waals surface area contributed by atoms with Gasteiger partial charge in [-0.2, -0.15) is 30.6 Å². The zero-order valence-corrected chi connectivity index (χ0v) is 25.8. The fourth-order valence-corrected chi connectivity index (χ4v) is 6.65. The van der Waals surface area contributed by atoms with E-state index in [1.807, 2.05) is 0 Å². The number of anilines is 1. The Morgan fingerprint density at radius 1 is 0.936 bits per heavy atom. The smallest absolute Gasteiger partial charge is 0.419 e. The number of carbonyl (C=O) groups excluding carboxylic acids is 1. The van der Waals surface area contributed by atoms with Gasteiger partial charge in [0.1, 0.15) is 16.6 Å². The van der Waals surface area contributed by atoms with E-state index in [2.05, 4.69) is 10.3 Å². The van der Waals surface area contributed by atoms with Crippen molar-refractivity contribution >= 4 is 44.8 Å². The topological polar surface area (TPSA) is 88.6 Å². The second kappa shape index (κ2) is 12.9. The van der Waals surface area contributed by atoms with E-state index in [-0.39, 0.29) is 52.3 Å². The van der Waals surface area contributed by atoms with Crippen molar-refractivity contribution in [2.24, 2.45) is 0 Å². The molecule has 1 amide bonds. The van der Waals surface area contributed by atoms with Gasteiger partial charge in [-0.25, -0.2) is 17.8 Å². The average Bonchev–Trinajstić information content (AvgIpc) is 2.98. The van der Waals surface area contributed by atoms with Gasteiger partial charge in [0, 0.05) is 19.3 Å². The van der Waals surface area contributed by atoms with Gasteiger partial charge in [-0.05, 0) is 71.6 Å². The number of hydrogen-bond donors (Lipinski definition) is 1. The number of hydrogen-bond acceptors (Lipinski definition) is 5. The molecular formula is C30H20Cl2F7N3O4S. The standard InChI is InChI=1S/C30H20Cl2F7N3O4S/c31-23-8-2-17-15-42(10-9-21(17)27(23)41-26(43)12-16-1-7-22(25(33)11-16)30(37,38)39)47(44,45)20-5-3-19(4-6-20)46-28-24(32)13-18(14-40-28)29(34,35)36/h1-8,11,13-14H,9-10,12,15H2,(H,41,43). The Morgan fingerprint density at radius 2 is 1.64 bits per heavy atom. The molecule has 0 saturated carbocycles. The van der Waals surface area contributed by atoms with Crippen LogP contribution in [-0.2, 0) is 46.6 Å². The lowest BCUT2D eigenvalue weighted by Crippen LogP contribution is -2.36. The third-order valence-corrected chi connectivity index (χ3v) is 9.54. The summed E-state index contributed by atoms with van der Waals surface area (Å²) in [6, 6.07) is 11.0. The van der Waals surface area contributed by atoms with Crippen LogP contribution in [0.3, 0.4) is 0 Å². The van der Waals surface area contributed by atoms with Gasteiger partial charge in [-0.15, -0.1) is 0 Å². The number of aromatic nitrogens is 1. The van der Waals surface area contributed by atoms with Crippen LogP contribution >= 0.6 is 23.2 Å². The monoisotopic (exact) mass is 721 g/mol. The first-order chi connectivity index (χ1) is 21.9. The van der Waals surface area contributed by atoms with Gasteiger partial charge in [0.15, 0.2) is 0 Å². The Morgan fingerprint density at radius 3 is 2.26 bits per heavy atom. The van der Waals surface area contributed by atoms with Crippen LogP contribution in [0.1, 0.15) is 27.8 Å². The minimum Gasteiger partial charge on any atom is -0.438 e. The van der Waals surface area contributed by atoms with E-state index in [1.165, 1.54) is 34.6 Å². The quantitative estimate of drug-likeness (QED) is 0.194. The molecule has 0 saturated heterocycles. The molecule has 0 spiro atoms. The van der Waals surface area contributed by atoms with Gasteiger partial charge in [0.05, 0.1) is 33.2 Å². The van der Waals surface area contributed by atoms with Crippen molar-refractivity contribution in [1.29, 1.82) is 0 Å². The number of rotatable bonds is 7. The van der Waals surface area contributed by atoms with Crippen molar-refractivity contribution in [2.75, 3.05) is 11.9 Å². The lowest BCUT2D eigenvalue weighted by molar-refractivity contribution is -0.140. The number of nitrogens with one attached hydrogen (secondary N) is 1. The summed E-state index contributed by atoms with van der Waals surface area (Å²) in [6.45, 7) is -0.100. The van der Waals surface area contributed by atoms with E-state index in [0.717, 1.165) is 6.07 Å². The molecule has 0 radical (unpaired) electrons. The Bertz CT molecular complexity index is 1960. The SMILES string of the molecule is O=C(Cc1ccc(C(F)(F)F)c(F)c1)Nc1c(Cl)ccc2c1CCN(S(=O)(=O)c1ccc(Oc3ncc(C(F)(F)F)cc3Cl)cc1)C2. The van der Waals surface area contributed by atoms with E-state index in [4.69, 9.17) is 27.9 Å². The summed E-state index contributed by atoms with van der Waals surface area (Å²) in [4.78, 5) is 16.2. The predicted octanol–water partition coefficient (Wildman–Crippen LogP) is 8.29. The van der Waals surface area contributed by atoms with Gasteiger partial charge in [-0.1, -0.05) is 35.3 Å². The molecule has 4 aromatic rings. The molecule has 0 aliphatic carbocycles. The molecule has 2 heterocycles. The second-order valence-electron chi connectivity index (χ2n) is 10.3. The fraction of sp³-hybridized carbons (Fsp3) is 0.200. The van der Waals surface area contributed by atoms with Crippen molar-refractivity contribution in [2.45, 2.75) is 36.6 Å². The van der Waals surface area contributed by atoms with Crippen LogP contribution in [0.5, 0.6) is 11.6 Å². The van der Waals surface area contributed by atoms with Crippen LogP contribution in [0.2, 0.25) is 10.0 Å². The number of fused-ring (bicyclic) bond motifs is 1. The Kier molecular flexibility index (Phi) is 9.48. The van der Waals surface area contributed by atoms with Crippen molar-refractivity contribution in [3.05, 3.63) is 111 Å². The Hall–Kier alpha value is -3.92. The molecule has 0 bridgehead atoms. The molecule has 7 nitrogen and oxygen atoms in total. The van der Waals surface area contributed by atoms with E-state index in [0.29, 0.717) is 35.5 Å². The number of carbonyl (C=O) groups is 1. The Balaban J connectivity index is 1.27. The molecule has 5 rings (SSSR count). The summed E-state index contributed by atoms with van der Waals surface area (Å²) in [7, 11) is -4.05. The third kappa shape index (κ3) is 7.64. The molecule has 3 aromatic carbocycles. The summed E-state index contributed by atoms with van der Waals surface area (Å²) in [6.07, 6.45) is -9.29. The van der Waals surface area contributed by atoms with E-state index in [9.17, 15) is 43.9 Å². The zero-order chi connectivity index (χ0) is 34.3. The van der Waals surface area contributed by atoms with Gasteiger partial charge >= 0.3 is 12.4 Å². The highest BCUT2D eigenvalue weighted by molar-refractivity contribution is 7.89. The normalized spacial score (nSPS) is 14.1. The molecule has 0 unspecified atom stereocenters. The molecule has 1 aliphatic rings. The number of sulfonamides is 1. The number of benzene rings is 3. The predicted molar refractivity (Wildman–Crippen MR) is 157 cm³/mol. The largest absolute Gasteiger partial charge is 0.438 e. The molecule has 0 fully saturated rings. The number of halogens is 9. The van der Waals surface area contributed by atoms with Crippen LogP contribution in [0.25, 0.3) is 0 Å². The maximum atomic E-state index is 14.0. The maximum Gasteiger partial charge on any atom is 0.419 e. The summed E-state index contributed by atoms with van der Waals surface area (Å²) >= 11 is 12.2. The van der Waals surface area contributed by atoms with Crippen molar-refractivity contribution < 1.29 is 48.7 Å². The van der Waals surface area contributed by atoms with Crippen molar-refractivity contribution in [1.82, 2.24) is 9.29 Å². The number of amides is 1. The highest BCUT2D eigenvalue weighted by Gasteiger charge is 2.35. The summed E-state index contributed by atoms with van der Waals surface area (Å²) in [5.41, 5.74) is -1.22. The molecule has 1 aromatic heterocycles. The van der Waals surface area contributed by atoms with Gasteiger partial charge in [0.25, 0.3) is 0 Å². The average molecular weight is 722 g/mol. The van der Waals surface area contributed by atoms with E-state index < -0.39 is 56.7 Å². The van der Waals surface area contributed by atoms with Gasteiger partial charge in [0.2, 0.25) is 21.8 Å². The van der Waals surface area contributed by atoms with Gasteiger partial charge in [-0.3, -0.25) is 4.79 Å². The molecular weight excluding hydrogens is 702 g/mol. The first-order valence-electron chi connectivity index (χ1n) is 13.4. The first kappa shape index (κ1) is 34.4. The fourth-order valence-electron chi connectivity index (χ4n) is 4.81. The van der Waals surface area contributed by atoms with Crippen molar-refractivity contribution in [3.8, 4) is 11.6 Å². The van der Waals surface area contributed by atoms with Crippen LogP contribution in [0.4, 0.5) is 36.4 Å². The van der Waals surface area contributed by atoms with Crippen LogP contribution < -0.4 is 10.1 Å². The number of pyridine rings is 1. The van der Waals surface area contributed by atoms with E-state index >= 15 is 0 Å². The molecule has 17 heteroatoms. The summed E-state index contributed by atoms with van der Waals surface area (Å²) in [5, 5.41) is 2.36. The second-order valence-corrected chi connectivity index (χ2v) is 13.0. The van der Waals surface area contributed by atoms with Crippen LogP contribution in [-0.4, -0.2) is 30.2 Å². The Labute approximate surface area is 272 Å². The van der Waals surface area contributed by atoms with Crippen LogP contribution in [0.15, 0.2) is 71.8 Å².